The van der Waals surface area contributed by atoms with E-state index in [-0.39, 0.29) is 23.7 Å². The number of carbonyl (C=O) groups excluding carboxylic acids is 1. The maximum atomic E-state index is 13.2. The standard InChI is InChI=1S/C24H25N5O4/c30-23(20(17-10-4-1-5-11-17)18-12-6-2-7-13-18)28-27-22-21(29(31)32)24(26-16-25-22)33-19-14-8-3-9-15-19/h1-2,4-7,10-13,16,19-20H,3,8-9,14-15H2,(H,28,30)(H,25,26,27). The number of hydrazine groups is 1. The van der Waals surface area contributed by atoms with E-state index in [9.17, 15) is 14.9 Å². The van der Waals surface area contributed by atoms with Gasteiger partial charge in [0.25, 0.3) is 5.88 Å². The Morgan fingerprint density at radius 2 is 1.58 bits per heavy atom. The second kappa shape index (κ2) is 10.5. The second-order valence-corrected chi connectivity index (χ2v) is 7.88. The van der Waals surface area contributed by atoms with Gasteiger partial charge in [-0.3, -0.25) is 25.8 Å². The van der Waals surface area contributed by atoms with Crippen molar-refractivity contribution in [2.75, 3.05) is 5.43 Å². The van der Waals surface area contributed by atoms with E-state index in [2.05, 4.69) is 20.8 Å². The van der Waals surface area contributed by atoms with Crippen LogP contribution in [0.4, 0.5) is 11.5 Å². The van der Waals surface area contributed by atoms with Crippen LogP contribution in [0.2, 0.25) is 0 Å². The maximum Gasteiger partial charge on any atom is 0.374 e. The van der Waals surface area contributed by atoms with Crippen molar-refractivity contribution < 1.29 is 14.5 Å². The Hall–Kier alpha value is -4.01. The molecule has 0 radical (unpaired) electrons. The molecular formula is C24H25N5O4. The topological polar surface area (TPSA) is 119 Å². The monoisotopic (exact) mass is 447 g/mol. The molecule has 33 heavy (non-hydrogen) atoms. The number of rotatable bonds is 8. The zero-order valence-electron chi connectivity index (χ0n) is 18.0. The minimum atomic E-state index is -0.612. The zero-order valence-corrected chi connectivity index (χ0v) is 18.0. The predicted molar refractivity (Wildman–Crippen MR) is 123 cm³/mol. The first kappa shape index (κ1) is 22.2. The van der Waals surface area contributed by atoms with Gasteiger partial charge in [0.1, 0.15) is 12.4 Å². The fourth-order valence-electron chi connectivity index (χ4n) is 4.02. The molecule has 9 nitrogen and oxygen atoms in total. The van der Waals surface area contributed by atoms with E-state index in [0.717, 1.165) is 43.2 Å². The number of hydrogen-bond acceptors (Lipinski definition) is 7. The number of ether oxygens (including phenoxy) is 1. The summed E-state index contributed by atoms with van der Waals surface area (Å²) in [7, 11) is 0. The molecule has 1 heterocycles. The number of nitro groups is 1. The van der Waals surface area contributed by atoms with Crippen molar-refractivity contribution >= 4 is 17.4 Å². The van der Waals surface area contributed by atoms with Gasteiger partial charge in [-0.2, -0.15) is 4.98 Å². The van der Waals surface area contributed by atoms with E-state index in [1.54, 1.807) is 0 Å². The number of carbonyl (C=O) groups is 1. The molecule has 1 aliphatic carbocycles. The van der Waals surface area contributed by atoms with Gasteiger partial charge < -0.3 is 4.74 Å². The van der Waals surface area contributed by atoms with Gasteiger partial charge in [-0.05, 0) is 36.8 Å². The van der Waals surface area contributed by atoms with Gasteiger partial charge in [0.2, 0.25) is 11.7 Å². The van der Waals surface area contributed by atoms with Gasteiger partial charge in [0.15, 0.2) is 0 Å². The summed E-state index contributed by atoms with van der Waals surface area (Å²) in [5.41, 5.74) is 6.39. The maximum absolute atomic E-state index is 13.2. The molecule has 4 rings (SSSR count). The van der Waals surface area contributed by atoms with E-state index < -0.39 is 16.5 Å². The van der Waals surface area contributed by atoms with Crippen molar-refractivity contribution in [1.29, 1.82) is 0 Å². The van der Waals surface area contributed by atoms with Crippen molar-refractivity contribution in [3.8, 4) is 5.88 Å². The molecule has 2 N–H and O–H groups in total. The van der Waals surface area contributed by atoms with E-state index >= 15 is 0 Å². The number of hydrogen-bond donors (Lipinski definition) is 2. The minimum absolute atomic E-state index is 0.0960. The molecule has 0 bridgehead atoms. The number of aromatic nitrogens is 2. The van der Waals surface area contributed by atoms with E-state index in [1.165, 1.54) is 6.33 Å². The van der Waals surface area contributed by atoms with Crippen molar-refractivity contribution in [2.24, 2.45) is 0 Å². The summed E-state index contributed by atoms with van der Waals surface area (Å²) < 4.78 is 5.84. The van der Waals surface area contributed by atoms with Crippen molar-refractivity contribution in [2.45, 2.75) is 44.1 Å². The van der Waals surface area contributed by atoms with Crippen LogP contribution in [0.1, 0.15) is 49.1 Å². The molecule has 9 heteroatoms. The molecule has 2 aromatic carbocycles. The Balaban J connectivity index is 1.55. The number of anilines is 1. The minimum Gasteiger partial charge on any atom is -0.469 e. The van der Waals surface area contributed by atoms with E-state index in [4.69, 9.17) is 4.74 Å². The Labute approximate surface area is 191 Å². The van der Waals surface area contributed by atoms with Gasteiger partial charge in [-0.25, -0.2) is 4.98 Å². The molecule has 0 spiro atoms. The predicted octanol–water partition coefficient (Wildman–Crippen LogP) is 4.37. The van der Waals surface area contributed by atoms with Crippen LogP contribution in [0.5, 0.6) is 5.88 Å². The molecular weight excluding hydrogens is 422 g/mol. The normalized spacial score (nSPS) is 14.0. The van der Waals surface area contributed by atoms with Crippen molar-refractivity contribution in [3.63, 3.8) is 0 Å². The van der Waals surface area contributed by atoms with Gasteiger partial charge in [-0.1, -0.05) is 67.1 Å². The number of nitrogens with one attached hydrogen (secondary N) is 2. The molecule has 1 fully saturated rings. The average molecular weight is 447 g/mol. The fourth-order valence-corrected chi connectivity index (χ4v) is 4.02. The highest BCUT2D eigenvalue weighted by Gasteiger charge is 2.29. The van der Waals surface area contributed by atoms with Gasteiger partial charge in [-0.15, -0.1) is 0 Å². The lowest BCUT2D eigenvalue weighted by Gasteiger charge is -2.22. The van der Waals surface area contributed by atoms with Gasteiger partial charge in [0.05, 0.1) is 10.8 Å². The Morgan fingerprint density at radius 1 is 0.970 bits per heavy atom. The molecule has 0 saturated heterocycles. The van der Waals surface area contributed by atoms with Crippen LogP contribution < -0.4 is 15.6 Å². The molecule has 1 saturated carbocycles. The smallest absolute Gasteiger partial charge is 0.374 e. The average Bonchev–Trinajstić information content (AvgIpc) is 2.85. The SMILES string of the molecule is O=C(NNc1ncnc(OC2CCCCC2)c1[N+](=O)[O-])C(c1ccccc1)c1ccccc1. The number of benzene rings is 2. The summed E-state index contributed by atoms with van der Waals surface area (Å²) in [5, 5.41) is 11.8. The molecule has 0 atom stereocenters. The summed E-state index contributed by atoms with van der Waals surface area (Å²) in [4.78, 5) is 32.3. The van der Waals surface area contributed by atoms with E-state index in [0.29, 0.717) is 0 Å². The third-order valence-corrected chi connectivity index (χ3v) is 5.63. The van der Waals surface area contributed by atoms with Crippen LogP contribution in [-0.2, 0) is 4.79 Å². The first-order valence-corrected chi connectivity index (χ1v) is 11.0. The summed E-state index contributed by atoms with van der Waals surface area (Å²) in [6.45, 7) is 0. The molecule has 1 aliphatic rings. The lowest BCUT2D eigenvalue weighted by atomic mass is 9.91. The third-order valence-electron chi connectivity index (χ3n) is 5.63. The first-order chi connectivity index (χ1) is 16.1. The lowest BCUT2D eigenvalue weighted by molar-refractivity contribution is -0.385. The molecule has 1 amide bonds. The van der Waals surface area contributed by atoms with Crippen LogP contribution in [-0.4, -0.2) is 26.9 Å². The molecule has 170 valence electrons. The Morgan fingerprint density at radius 3 is 2.15 bits per heavy atom. The third kappa shape index (κ3) is 5.43. The number of nitrogens with zero attached hydrogens (tertiary/aromatic N) is 3. The quantitative estimate of drug-likeness (QED) is 0.389. The largest absolute Gasteiger partial charge is 0.469 e. The zero-order chi connectivity index (χ0) is 23.0. The van der Waals surface area contributed by atoms with Crippen LogP contribution in [0, 0.1) is 10.1 Å². The van der Waals surface area contributed by atoms with Crippen molar-refractivity contribution in [3.05, 3.63) is 88.2 Å². The summed E-state index contributed by atoms with van der Waals surface area (Å²) in [6, 6.07) is 18.6. The highest BCUT2D eigenvalue weighted by atomic mass is 16.6. The van der Waals surface area contributed by atoms with Crippen LogP contribution in [0.15, 0.2) is 67.0 Å². The fraction of sp³-hybridized carbons (Fsp3) is 0.292. The Bertz CT molecular complexity index is 1050. The molecule has 0 aliphatic heterocycles. The van der Waals surface area contributed by atoms with Crippen LogP contribution >= 0.6 is 0 Å². The Kier molecular flexibility index (Phi) is 7.09. The van der Waals surface area contributed by atoms with Gasteiger partial charge in [0, 0.05) is 0 Å². The highest BCUT2D eigenvalue weighted by molar-refractivity contribution is 5.88. The van der Waals surface area contributed by atoms with Gasteiger partial charge >= 0.3 is 5.69 Å². The second-order valence-electron chi connectivity index (χ2n) is 7.88. The summed E-state index contributed by atoms with van der Waals surface area (Å²) >= 11 is 0. The summed E-state index contributed by atoms with van der Waals surface area (Å²) in [6.07, 6.45) is 5.90. The summed E-state index contributed by atoms with van der Waals surface area (Å²) in [5.74, 6) is -1.22. The van der Waals surface area contributed by atoms with Crippen LogP contribution in [0.25, 0.3) is 0 Å². The molecule has 1 aromatic heterocycles. The lowest BCUT2D eigenvalue weighted by Crippen LogP contribution is -2.35. The highest BCUT2D eigenvalue weighted by Crippen LogP contribution is 2.33. The molecule has 0 unspecified atom stereocenters. The van der Waals surface area contributed by atoms with Crippen LogP contribution in [0.3, 0.4) is 0 Å². The van der Waals surface area contributed by atoms with Crippen molar-refractivity contribution in [1.82, 2.24) is 15.4 Å². The molecule has 3 aromatic rings. The van der Waals surface area contributed by atoms with E-state index in [1.807, 2.05) is 60.7 Å². The number of amides is 1. The first-order valence-electron chi connectivity index (χ1n) is 11.0.